The average molecular weight is 688 g/mol. The van der Waals surface area contributed by atoms with Gasteiger partial charge in [-0.3, -0.25) is 9.59 Å². The molecule has 11 heteroatoms. The van der Waals surface area contributed by atoms with Gasteiger partial charge in [-0.25, -0.2) is 9.59 Å². The molecule has 3 N–H and O–H groups in total. The molecule has 5 aliphatic rings. The minimum absolute atomic E-state index is 0.0436. The van der Waals surface area contributed by atoms with Gasteiger partial charge in [0.1, 0.15) is 18.8 Å². The number of thioether (sulfide) groups is 1. The molecule has 5 rings (SSSR count). The molecule has 0 bridgehead atoms. The molecule has 7 atom stereocenters. The minimum atomic E-state index is -0.312. The van der Waals surface area contributed by atoms with Crippen LogP contribution in [0.25, 0.3) is 0 Å². The van der Waals surface area contributed by atoms with E-state index in [0.717, 1.165) is 94.9 Å². The number of amides is 3. The fourth-order valence-corrected chi connectivity index (χ4v) is 9.26. The third-order valence-corrected chi connectivity index (χ3v) is 12.3. The Morgan fingerprint density at radius 1 is 1.02 bits per heavy atom. The first kappa shape index (κ1) is 36.7. The van der Waals surface area contributed by atoms with Crippen LogP contribution in [-0.4, -0.2) is 77.9 Å². The fourth-order valence-electron chi connectivity index (χ4n) is 7.72. The van der Waals surface area contributed by atoms with Crippen molar-refractivity contribution in [1.29, 1.82) is 0 Å². The summed E-state index contributed by atoms with van der Waals surface area (Å²) < 4.78 is 17.2. The van der Waals surface area contributed by atoms with E-state index >= 15 is 0 Å². The number of unbranched alkanes of at least 4 members (excludes halogenated alkanes) is 9. The van der Waals surface area contributed by atoms with Crippen molar-refractivity contribution in [2.24, 2.45) is 5.92 Å². The molecule has 4 aliphatic heterocycles. The molecule has 4 saturated heterocycles. The topological polar surface area (TPSA) is 135 Å². The quantitative estimate of drug-likeness (QED) is 0.0374. The molecule has 4 heterocycles. The number of hydrogen-bond acceptors (Lipinski definition) is 8. The zero-order valence-corrected chi connectivity index (χ0v) is 29.7. The van der Waals surface area contributed by atoms with E-state index in [-0.39, 0.29) is 59.7 Å². The molecule has 268 valence electrons. The van der Waals surface area contributed by atoms with Gasteiger partial charge in [-0.2, -0.15) is 11.8 Å². The molecule has 0 radical (unpaired) electrons. The number of carbonyl (C=O) groups excluding carboxylic acids is 4. The Morgan fingerprint density at radius 2 is 1.75 bits per heavy atom. The number of ether oxygens (including phenoxy) is 3. The summed E-state index contributed by atoms with van der Waals surface area (Å²) in [5.74, 6) is 0.630. The van der Waals surface area contributed by atoms with Crippen molar-refractivity contribution in [1.82, 2.24) is 16.0 Å². The van der Waals surface area contributed by atoms with E-state index in [2.05, 4.69) is 35.5 Å². The summed E-state index contributed by atoms with van der Waals surface area (Å²) >= 11 is 1.93. The maximum absolute atomic E-state index is 12.4. The Bertz CT molecular complexity index is 1190. The minimum Gasteiger partial charge on any atom is -0.461 e. The summed E-state index contributed by atoms with van der Waals surface area (Å²) in [6.45, 7) is 7.12. The lowest BCUT2D eigenvalue weighted by Crippen LogP contribution is -2.36. The first-order chi connectivity index (χ1) is 23.2. The summed E-state index contributed by atoms with van der Waals surface area (Å²) in [5, 5.41) is 9.53. The first-order valence-corrected chi connectivity index (χ1v) is 19.6. The van der Waals surface area contributed by atoms with Crippen LogP contribution in [0, 0.1) is 5.92 Å². The van der Waals surface area contributed by atoms with Gasteiger partial charge in [0.25, 0.3) is 0 Å². The van der Waals surface area contributed by atoms with Crippen LogP contribution in [0.2, 0.25) is 0 Å². The number of hydrogen-bond donors (Lipinski definition) is 3. The van der Waals surface area contributed by atoms with Crippen molar-refractivity contribution >= 4 is 35.6 Å². The van der Waals surface area contributed by atoms with Gasteiger partial charge in [-0.15, -0.1) is 0 Å². The van der Waals surface area contributed by atoms with E-state index < -0.39 is 0 Å². The van der Waals surface area contributed by atoms with E-state index in [4.69, 9.17) is 14.2 Å². The molecule has 0 aromatic carbocycles. The predicted molar refractivity (Wildman–Crippen MR) is 186 cm³/mol. The Hall–Kier alpha value is -2.53. The highest BCUT2D eigenvalue weighted by Gasteiger charge is 2.61. The second kappa shape index (κ2) is 17.9. The molecule has 0 spiro atoms. The highest BCUT2D eigenvalue weighted by molar-refractivity contribution is 8.00. The molecule has 0 saturated carbocycles. The van der Waals surface area contributed by atoms with Gasteiger partial charge in [0, 0.05) is 41.9 Å². The molecular formula is C37H57N3O7S. The zero-order valence-electron chi connectivity index (χ0n) is 28.9. The van der Waals surface area contributed by atoms with Gasteiger partial charge in [0.2, 0.25) is 5.91 Å². The molecule has 1 aliphatic carbocycles. The van der Waals surface area contributed by atoms with Crippen LogP contribution >= 0.6 is 11.8 Å². The van der Waals surface area contributed by atoms with Crippen molar-refractivity contribution in [3.8, 4) is 0 Å². The van der Waals surface area contributed by atoms with Gasteiger partial charge in [-0.1, -0.05) is 64.0 Å². The van der Waals surface area contributed by atoms with E-state index in [9.17, 15) is 19.2 Å². The van der Waals surface area contributed by atoms with Crippen molar-refractivity contribution < 1.29 is 33.4 Å². The van der Waals surface area contributed by atoms with Crippen LogP contribution < -0.4 is 16.0 Å². The summed E-state index contributed by atoms with van der Waals surface area (Å²) in [5.41, 5.74) is 1.37. The summed E-state index contributed by atoms with van der Waals surface area (Å²) in [6.07, 6.45) is 19.1. The normalized spacial score (nSPS) is 31.8. The third-order valence-electron chi connectivity index (χ3n) is 10.8. The Labute approximate surface area is 290 Å². The molecule has 4 fully saturated rings. The zero-order chi connectivity index (χ0) is 33.9. The number of urea groups is 1. The van der Waals surface area contributed by atoms with Crippen molar-refractivity contribution in [3.63, 3.8) is 0 Å². The van der Waals surface area contributed by atoms with Crippen molar-refractivity contribution in [2.45, 2.75) is 158 Å². The lowest BCUT2D eigenvalue weighted by atomic mass is 9.84. The molecule has 48 heavy (non-hydrogen) atoms. The van der Waals surface area contributed by atoms with Crippen molar-refractivity contribution in [3.05, 3.63) is 23.8 Å². The molecule has 0 aromatic heterocycles. The van der Waals surface area contributed by atoms with Crippen LogP contribution in [0.3, 0.4) is 0 Å². The van der Waals surface area contributed by atoms with Gasteiger partial charge < -0.3 is 30.2 Å². The lowest BCUT2D eigenvalue weighted by molar-refractivity contribution is -0.143. The van der Waals surface area contributed by atoms with E-state index in [1.165, 1.54) is 25.7 Å². The summed E-state index contributed by atoms with van der Waals surface area (Å²) in [7, 11) is 0. The first-order valence-electron chi connectivity index (χ1n) is 18.6. The highest BCUT2D eigenvalue weighted by atomic mass is 32.2. The van der Waals surface area contributed by atoms with Crippen LogP contribution in [0.15, 0.2) is 23.8 Å². The fraction of sp³-hybridized carbons (Fsp3) is 0.784. The van der Waals surface area contributed by atoms with Gasteiger partial charge >= 0.3 is 18.0 Å². The summed E-state index contributed by atoms with van der Waals surface area (Å²) in [6, 6.07) is 0.465. The van der Waals surface area contributed by atoms with E-state index in [1.807, 2.05) is 11.8 Å². The number of fused-ring (bicyclic) bond motifs is 4. The number of carbonyl (C=O) groups is 4. The Morgan fingerprint density at radius 3 is 2.54 bits per heavy atom. The van der Waals surface area contributed by atoms with Crippen molar-refractivity contribution in [2.75, 3.05) is 18.9 Å². The van der Waals surface area contributed by atoms with Gasteiger partial charge in [0.05, 0.1) is 17.7 Å². The van der Waals surface area contributed by atoms with Crippen LogP contribution in [0.1, 0.15) is 122 Å². The molecule has 10 nitrogen and oxygen atoms in total. The smallest absolute Gasteiger partial charge is 0.334 e. The predicted octanol–water partition coefficient (Wildman–Crippen LogP) is 6.03. The van der Waals surface area contributed by atoms with Gasteiger partial charge in [-0.05, 0) is 63.9 Å². The van der Waals surface area contributed by atoms with Crippen LogP contribution in [0.4, 0.5) is 4.79 Å². The number of esters is 2. The lowest BCUT2D eigenvalue weighted by Gasteiger charge is -2.20. The second-order valence-corrected chi connectivity index (χ2v) is 15.9. The second-order valence-electron chi connectivity index (χ2n) is 14.6. The number of allylic oxidation sites excluding steroid dienone is 1. The maximum atomic E-state index is 12.4. The molecule has 0 aromatic rings. The summed E-state index contributed by atoms with van der Waals surface area (Å²) in [4.78, 5) is 48.2. The average Bonchev–Trinajstić information content (AvgIpc) is 3.25. The van der Waals surface area contributed by atoms with E-state index in [1.54, 1.807) is 0 Å². The van der Waals surface area contributed by atoms with Crippen LogP contribution in [-0.2, 0) is 28.6 Å². The standard InChI is InChI=1S/C37H57N3O7S/c1-25-27-20-19-26(15-14-21-37(2)34(47-37)33(27)46-35(25)43)23-45-31(42)18-10-8-6-4-3-5-7-9-13-22-38-30(41)17-12-11-16-29-32-28(24-48-29)39-36(44)40-32/h15,27-29,32-34H,1,3-14,16-24H2,2H3,(H,38,41)(H2,39,40,44)/b26-15+/t27-,28-,29?,32-,33-,34+,37+/m0/s1. The molecule has 1 unspecified atom stereocenters. The SMILES string of the molecule is C=C1C(=O)O[C@@H]2[C@H]3O[C@]3(C)CC/C=C(/COC(=O)CCCCCCCCCCCNC(=O)CCCCC3SC[C@@H]4NC(=O)N[C@H]34)CC[C@@H]12. The maximum Gasteiger partial charge on any atom is 0.334 e. The highest BCUT2D eigenvalue weighted by Crippen LogP contribution is 2.49. The largest absolute Gasteiger partial charge is 0.461 e. The monoisotopic (exact) mass is 687 g/mol. The van der Waals surface area contributed by atoms with Crippen LogP contribution in [0.5, 0.6) is 0 Å². The van der Waals surface area contributed by atoms with Gasteiger partial charge in [0.15, 0.2) is 0 Å². The number of nitrogens with one attached hydrogen (secondary N) is 3. The molecular weight excluding hydrogens is 630 g/mol. The molecule has 3 amide bonds. The van der Waals surface area contributed by atoms with E-state index in [0.29, 0.717) is 30.3 Å². The Kier molecular flexibility index (Phi) is 13.7. The number of rotatable bonds is 19. The Balaban J connectivity index is 0.805. The number of epoxide rings is 1. The third kappa shape index (κ3) is 10.5.